The number of methoxy groups -OCH3 is 2. The molecule has 1 aliphatic rings. The zero-order valence-electron chi connectivity index (χ0n) is 16.0. The van der Waals surface area contributed by atoms with Crippen molar-refractivity contribution in [1.82, 2.24) is 4.90 Å². The lowest BCUT2D eigenvalue weighted by Crippen LogP contribution is -2.42. The van der Waals surface area contributed by atoms with Gasteiger partial charge in [-0.3, -0.25) is 4.90 Å². The van der Waals surface area contributed by atoms with Crippen molar-refractivity contribution >= 4 is 12.1 Å². The maximum absolute atomic E-state index is 12.4. The molecular weight excluding hydrogens is 338 g/mol. The normalized spacial score (nSPS) is 20.0. The van der Waals surface area contributed by atoms with E-state index in [0.29, 0.717) is 24.3 Å². The molecule has 1 amide bonds. The van der Waals surface area contributed by atoms with E-state index in [1.165, 1.54) is 0 Å². The van der Waals surface area contributed by atoms with Gasteiger partial charge < -0.3 is 18.9 Å². The van der Waals surface area contributed by atoms with Gasteiger partial charge in [0.2, 0.25) is 0 Å². The van der Waals surface area contributed by atoms with Crippen LogP contribution in [-0.4, -0.2) is 62.1 Å². The van der Waals surface area contributed by atoms with Crippen molar-refractivity contribution in [3.05, 3.63) is 29.8 Å². The first-order valence-corrected chi connectivity index (χ1v) is 8.57. The van der Waals surface area contributed by atoms with E-state index in [9.17, 15) is 9.59 Å². The number of amides is 1. The van der Waals surface area contributed by atoms with Crippen molar-refractivity contribution in [1.29, 1.82) is 0 Å². The minimum absolute atomic E-state index is 0.191. The molecule has 1 aliphatic heterocycles. The van der Waals surface area contributed by atoms with Crippen LogP contribution in [0.25, 0.3) is 0 Å². The second-order valence-corrected chi connectivity index (χ2v) is 7.23. The fourth-order valence-electron chi connectivity index (χ4n) is 2.80. The number of ether oxygens (including phenoxy) is 4. The average molecular weight is 365 g/mol. The summed E-state index contributed by atoms with van der Waals surface area (Å²) in [5.74, 6) is 0.235. The van der Waals surface area contributed by atoms with Crippen molar-refractivity contribution in [3.63, 3.8) is 0 Å². The van der Waals surface area contributed by atoms with E-state index in [1.54, 1.807) is 43.4 Å². The molecule has 1 aromatic rings. The molecular formula is C19H27NO6. The minimum atomic E-state index is -0.591. The number of rotatable bonds is 5. The Labute approximate surface area is 154 Å². The lowest BCUT2D eigenvalue weighted by Gasteiger charge is -2.28. The summed E-state index contributed by atoms with van der Waals surface area (Å²) in [4.78, 5) is 26.3. The Kier molecular flexibility index (Phi) is 6.47. The van der Waals surface area contributed by atoms with Crippen LogP contribution in [0.1, 0.15) is 37.6 Å². The highest BCUT2D eigenvalue weighted by atomic mass is 16.6. The van der Waals surface area contributed by atoms with Gasteiger partial charge >= 0.3 is 12.1 Å². The zero-order valence-corrected chi connectivity index (χ0v) is 16.0. The quantitative estimate of drug-likeness (QED) is 0.747. The van der Waals surface area contributed by atoms with E-state index >= 15 is 0 Å². The Morgan fingerprint density at radius 1 is 1.15 bits per heavy atom. The van der Waals surface area contributed by atoms with Crippen LogP contribution < -0.4 is 4.74 Å². The molecule has 144 valence electrons. The highest BCUT2D eigenvalue weighted by Gasteiger charge is 2.39. The summed E-state index contributed by atoms with van der Waals surface area (Å²) in [6.45, 7) is 6.08. The van der Waals surface area contributed by atoms with Crippen LogP contribution in [0.3, 0.4) is 0 Å². The summed E-state index contributed by atoms with van der Waals surface area (Å²) in [6, 6.07) is 6.50. The van der Waals surface area contributed by atoms with Crippen molar-refractivity contribution in [3.8, 4) is 5.75 Å². The predicted octanol–water partition coefficient (Wildman–Crippen LogP) is 2.88. The van der Waals surface area contributed by atoms with Crippen LogP contribution in [0.5, 0.6) is 5.75 Å². The number of esters is 1. The summed E-state index contributed by atoms with van der Waals surface area (Å²) in [5.41, 5.74) is -0.156. The zero-order chi connectivity index (χ0) is 19.3. The van der Waals surface area contributed by atoms with Gasteiger partial charge in [-0.05, 0) is 45.0 Å². The second kappa shape index (κ2) is 8.40. The summed E-state index contributed by atoms with van der Waals surface area (Å²) in [7, 11) is 3.14. The molecule has 0 N–H and O–H groups in total. The molecule has 7 nitrogen and oxygen atoms in total. The van der Waals surface area contributed by atoms with E-state index in [4.69, 9.17) is 18.9 Å². The fourth-order valence-corrected chi connectivity index (χ4v) is 2.80. The van der Waals surface area contributed by atoms with Gasteiger partial charge in [0.25, 0.3) is 0 Å². The predicted molar refractivity (Wildman–Crippen MR) is 95.4 cm³/mol. The molecule has 0 aromatic heterocycles. The van der Waals surface area contributed by atoms with Crippen LogP contribution in [0.2, 0.25) is 0 Å². The van der Waals surface area contributed by atoms with Crippen LogP contribution in [-0.2, 0) is 14.2 Å². The topological polar surface area (TPSA) is 74.3 Å². The number of likely N-dealkylation sites (tertiary alicyclic amines) is 1. The number of hydrogen-bond acceptors (Lipinski definition) is 6. The van der Waals surface area contributed by atoms with Gasteiger partial charge in [-0.2, -0.15) is 0 Å². The van der Waals surface area contributed by atoms with Crippen molar-refractivity contribution < 1.29 is 28.5 Å². The van der Waals surface area contributed by atoms with Crippen LogP contribution >= 0.6 is 0 Å². The molecule has 1 heterocycles. The van der Waals surface area contributed by atoms with Gasteiger partial charge in [0.05, 0.1) is 31.9 Å². The molecule has 2 unspecified atom stereocenters. The number of hydrogen-bond donors (Lipinski definition) is 0. The molecule has 2 atom stereocenters. The molecule has 0 radical (unpaired) electrons. The molecule has 2 rings (SSSR count). The van der Waals surface area contributed by atoms with E-state index in [2.05, 4.69) is 0 Å². The van der Waals surface area contributed by atoms with Gasteiger partial charge in [-0.15, -0.1) is 0 Å². The molecule has 26 heavy (non-hydrogen) atoms. The number of benzene rings is 1. The van der Waals surface area contributed by atoms with Gasteiger partial charge in [0.1, 0.15) is 17.5 Å². The summed E-state index contributed by atoms with van der Waals surface area (Å²) in [6.07, 6.45) is -0.325. The Bertz CT molecular complexity index is 622. The highest BCUT2D eigenvalue weighted by Crippen LogP contribution is 2.24. The SMILES string of the molecule is COCC1CC(OC(=O)c2ccc(OC)cc2)CN1C(=O)OC(C)(C)C. The van der Waals surface area contributed by atoms with Gasteiger partial charge in [-0.25, -0.2) is 9.59 Å². The van der Waals surface area contributed by atoms with Crippen LogP contribution in [0.15, 0.2) is 24.3 Å². The lowest BCUT2D eigenvalue weighted by atomic mass is 10.2. The molecule has 0 spiro atoms. The van der Waals surface area contributed by atoms with Crippen LogP contribution in [0.4, 0.5) is 4.79 Å². The van der Waals surface area contributed by atoms with E-state index < -0.39 is 23.8 Å². The first-order valence-electron chi connectivity index (χ1n) is 8.57. The molecule has 0 bridgehead atoms. The third-order valence-corrected chi connectivity index (χ3v) is 3.96. The number of nitrogens with zero attached hydrogens (tertiary/aromatic N) is 1. The first kappa shape index (κ1) is 20.0. The monoisotopic (exact) mass is 365 g/mol. The highest BCUT2D eigenvalue weighted by molar-refractivity contribution is 5.89. The number of carbonyl (C=O) groups excluding carboxylic acids is 2. The van der Waals surface area contributed by atoms with E-state index in [-0.39, 0.29) is 12.6 Å². The number of carbonyl (C=O) groups is 2. The van der Waals surface area contributed by atoms with Gasteiger partial charge in [-0.1, -0.05) is 0 Å². The van der Waals surface area contributed by atoms with Crippen molar-refractivity contribution in [2.75, 3.05) is 27.4 Å². The smallest absolute Gasteiger partial charge is 0.410 e. The summed E-state index contributed by atoms with van der Waals surface area (Å²) in [5, 5.41) is 0. The molecule has 7 heteroatoms. The van der Waals surface area contributed by atoms with E-state index in [0.717, 1.165) is 0 Å². The third-order valence-electron chi connectivity index (χ3n) is 3.96. The molecule has 0 aliphatic carbocycles. The van der Waals surface area contributed by atoms with Crippen molar-refractivity contribution in [2.45, 2.75) is 44.9 Å². The van der Waals surface area contributed by atoms with Crippen LogP contribution in [0, 0.1) is 0 Å². The molecule has 0 saturated carbocycles. The lowest BCUT2D eigenvalue weighted by molar-refractivity contribution is 0.0112. The van der Waals surface area contributed by atoms with Gasteiger partial charge in [0.15, 0.2) is 0 Å². The maximum Gasteiger partial charge on any atom is 0.410 e. The molecule has 1 fully saturated rings. The first-order chi connectivity index (χ1) is 12.2. The third kappa shape index (κ3) is 5.36. The summed E-state index contributed by atoms with van der Waals surface area (Å²) < 4.78 is 21.3. The molecule has 1 saturated heterocycles. The maximum atomic E-state index is 12.4. The van der Waals surface area contributed by atoms with Gasteiger partial charge in [0, 0.05) is 13.5 Å². The van der Waals surface area contributed by atoms with Crippen molar-refractivity contribution in [2.24, 2.45) is 0 Å². The largest absolute Gasteiger partial charge is 0.497 e. The second-order valence-electron chi connectivity index (χ2n) is 7.23. The van der Waals surface area contributed by atoms with E-state index in [1.807, 2.05) is 20.8 Å². The Morgan fingerprint density at radius 3 is 2.35 bits per heavy atom. The standard InChI is InChI=1S/C19H27NO6/c1-19(2,3)26-18(22)20-11-16(10-14(20)12-23-4)25-17(21)13-6-8-15(24-5)9-7-13/h6-9,14,16H,10-12H2,1-5H3. The Balaban J connectivity index is 2.01. The summed E-state index contributed by atoms with van der Waals surface area (Å²) >= 11 is 0. The average Bonchev–Trinajstić information content (AvgIpc) is 2.96. The minimum Gasteiger partial charge on any atom is -0.497 e. The molecule has 1 aromatic carbocycles. The Morgan fingerprint density at radius 2 is 1.81 bits per heavy atom. The fraction of sp³-hybridized carbons (Fsp3) is 0.579. The Hall–Kier alpha value is -2.28.